The minimum atomic E-state index is -0.403. The SMILES string of the molecule is N#C/C(=N\Nc1ccc(OCc2ccc(F)cc2)cc1)C(=N)N. The molecule has 0 aromatic heterocycles. The van der Waals surface area contributed by atoms with Crippen LogP contribution in [0.3, 0.4) is 0 Å². The van der Waals surface area contributed by atoms with Crippen molar-refractivity contribution < 1.29 is 9.13 Å². The summed E-state index contributed by atoms with van der Waals surface area (Å²) >= 11 is 0. The van der Waals surface area contributed by atoms with Crippen molar-refractivity contribution in [1.29, 1.82) is 10.7 Å². The van der Waals surface area contributed by atoms with Crippen LogP contribution in [-0.4, -0.2) is 11.5 Å². The topological polar surface area (TPSA) is 107 Å². The van der Waals surface area contributed by atoms with Crippen molar-refractivity contribution in [3.8, 4) is 11.8 Å². The van der Waals surface area contributed by atoms with Crippen LogP contribution in [0.5, 0.6) is 5.75 Å². The van der Waals surface area contributed by atoms with Gasteiger partial charge in [0.25, 0.3) is 0 Å². The highest BCUT2D eigenvalue weighted by Gasteiger charge is 2.01. The molecule has 0 unspecified atom stereocenters. The molecule has 0 atom stereocenters. The molecule has 0 aliphatic rings. The number of amidine groups is 1. The lowest BCUT2D eigenvalue weighted by Gasteiger charge is -2.07. The second-order valence-corrected chi connectivity index (χ2v) is 4.54. The summed E-state index contributed by atoms with van der Waals surface area (Å²) in [7, 11) is 0. The molecule has 0 saturated heterocycles. The molecule has 4 N–H and O–H groups in total. The van der Waals surface area contributed by atoms with Gasteiger partial charge >= 0.3 is 0 Å². The van der Waals surface area contributed by atoms with E-state index in [0.29, 0.717) is 18.0 Å². The van der Waals surface area contributed by atoms with E-state index in [1.54, 1.807) is 42.5 Å². The first-order valence-corrected chi connectivity index (χ1v) is 6.64. The molecular formula is C16H14FN5O. The first kappa shape index (κ1) is 16.0. The highest BCUT2D eigenvalue weighted by atomic mass is 19.1. The fourth-order valence-electron chi connectivity index (χ4n) is 1.64. The summed E-state index contributed by atoms with van der Waals surface area (Å²) in [6, 6.07) is 14.6. The van der Waals surface area contributed by atoms with Gasteiger partial charge in [0.05, 0.1) is 5.69 Å². The highest BCUT2D eigenvalue weighted by molar-refractivity contribution is 6.45. The second-order valence-electron chi connectivity index (χ2n) is 4.54. The Balaban J connectivity index is 1.93. The number of nitrogens with zero attached hydrogens (tertiary/aromatic N) is 2. The van der Waals surface area contributed by atoms with Crippen LogP contribution in [0, 0.1) is 22.6 Å². The van der Waals surface area contributed by atoms with Gasteiger partial charge in [-0.2, -0.15) is 10.4 Å². The Kier molecular flexibility index (Phi) is 5.25. The number of rotatable bonds is 6. The molecule has 0 aliphatic carbocycles. The smallest absolute Gasteiger partial charge is 0.201 e. The Labute approximate surface area is 132 Å². The monoisotopic (exact) mass is 311 g/mol. The van der Waals surface area contributed by atoms with Crippen LogP contribution in [0.25, 0.3) is 0 Å². The van der Waals surface area contributed by atoms with E-state index in [9.17, 15) is 4.39 Å². The van der Waals surface area contributed by atoms with Crippen molar-refractivity contribution in [2.24, 2.45) is 10.8 Å². The fourth-order valence-corrected chi connectivity index (χ4v) is 1.64. The lowest BCUT2D eigenvalue weighted by molar-refractivity contribution is 0.306. The minimum Gasteiger partial charge on any atom is -0.489 e. The number of ether oxygens (including phenoxy) is 1. The number of hydrazone groups is 1. The number of nitriles is 1. The highest BCUT2D eigenvalue weighted by Crippen LogP contribution is 2.17. The van der Waals surface area contributed by atoms with Crippen LogP contribution in [0.4, 0.5) is 10.1 Å². The molecule has 2 rings (SSSR count). The Morgan fingerprint density at radius 2 is 1.87 bits per heavy atom. The maximum absolute atomic E-state index is 12.8. The standard InChI is InChI=1S/C16H14FN5O/c17-12-3-1-11(2-4-12)10-23-14-7-5-13(6-8-14)21-22-15(9-18)16(19)20/h1-8,21H,10H2,(H3,19,20)/b22-15+. The van der Waals surface area contributed by atoms with E-state index in [0.717, 1.165) is 5.56 Å². The maximum atomic E-state index is 12.8. The molecule has 0 heterocycles. The lowest BCUT2D eigenvalue weighted by atomic mass is 10.2. The first-order valence-electron chi connectivity index (χ1n) is 6.64. The predicted molar refractivity (Wildman–Crippen MR) is 85.8 cm³/mol. The third kappa shape index (κ3) is 4.82. The summed E-state index contributed by atoms with van der Waals surface area (Å²) in [6.45, 7) is 0.328. The molecule has 0 amide bonds. The van der Waals surface area contributed by atoms with Crippen molar-refractivity contribution in [3.63, 3.8) is 0 Å². The van der Waals surface area contributed by atoms with Crippen molar-refractivity contribution in [3.05, 3.63) is 59.9 Å². The van der Waals surface area contributed by atoms with Gasteiger partial charge in [0, 0.05) is 0 Å². The molecule has 2 aromatic carbocycles. The van der Waals surface area contributed by atoms with Gasteiger partial charge in [-0.25, -0.2) is 4.39 Å². The molecule has 7 heteroatoms. The Hall–Kier alpha value is -3.40. The molecule has 0 aliphatic heterocycles. The van der Waals surface area contributed by atoms with Crippen molar-refractivity contribution in [2.75, 3.05) is 5.43 Å². The van der Waals surface area contributed by atoms with Crippen LogP contribution in [0.15, 0.2) is 53.6 Å². The molecule has 0 bridgehead atoms. The number of halogens is 1. The van der Waals surface area contributed by atoms with Crippen molar-refractivity contribution >= 4 is 17.2 Å². The first-order chi connectivity index (χ1) is 11.1. The van der Waals surface area contributed by atoms with Gasteiger partial charge in [-0.3, -0.25) is 10.8 Å². The quantitative estimate of drug-likeness (QED) is 0.433. The van der Waals surface area contributed by atoms with Gasteiger partial charge in [-0.1, -0.05) is 12.1 Å². The fraction of sp³-hybridized carbons (Fsp3) is 0.0625. The van der Waals surface area contributed by atoms with Crippen molar-refractivity contribution in [1.82, 2.24) is 0 Å². The minimum absolute atomic E-state index is 0.193. The molecule has 0 fully saturated rings. The van der Waals surface area contributed by atoms with E-state index >= 15 is 0 Å². The predicted octanol–water partition coefficient (Wildman–Crippen LogP) is 2.63. The van der Waals surface area contributed by atoms with Crippen LogP contribution >= 0.6 is 0 Å². The third-order valence-corrected chi connectivity index (χ3v) is 2.83. The van der Waals surface area contributed by atoms with E-state index in [4.69, 9.17) is 21.1 Å². The number of hydrogen-bond acceptors (Lipinski definition) is 5. The van der Waals surface area contributed by atoms with Crippen LogP contribution in [0.2, 0.25) is 0 Å². The van der Waals surface area contributed by atoms with Crippen LogP contribution < -0.4 is 15.9 Å². The molecule has 2 aromatic rings. The van der Waals surface area contributed by atoms with Crippen LogP contribution in [-0.2, 0) is 6.61 Å². The van der Waals surface area contributed by atoms with E-state index in [1.165, 1.54) is 12.1 Å². The molecule has 116 valence electrons. The van der Waals surface area contributed by atoms with Gasteiger partial charge in [0.1, 0.15) is 24.2 Å². The van der Waals surface area contributed by atoms with Gasteiger partial charge in [0.15, 0.2) is 5.84 Å². The number of nitrogens with one attached hydrogen (secondary N) is 2. The Morgan fingerprint density at radius 1 is 1.22 bits per heavy atom. The molecule has 6 nitrogen and oxygen atoms in total. The summed E-state index contributed by atoms with van der Waals surface area (Å²) in [4.78, 5) is 0. The average Bonchev–Trinajstić information content (AvgIpc) is 2.56. The van der Waals surface area contributed by atoms with Gasteiger partial charge in [-0.05, 0) is 42.0 Å². The third-order valence-electron chi connectivity index (χ3n) is 2.83. The molecule has 0 spiro atoms. The molecule has 0 saturated carbocycles. The Morgan fingerprint density at radius 3 is 2.43 bits per heavy atom. The largest absolute Gasteiger partial charge is 0.489 e. The number of benzene rings is 2. The molecular weight excluding hydrogens is 297 g/mol. The summed E-state index contributed by atoms with van der Waals surface area (Å²) in [5.74, 6) is -0.0535. The summed E-state index contributed by atoms with van der Waals surface area (Å²) < 4.78 is 18.4. The van der Waals surface area contributed by atoms with Gasteiger partial charge in [-0.15, -0.1) is 0 Å². The lowest BCUT2D eigenvalue weighted by Crippen LogP contribution is -2.21. The normalized spacial score (nSPS) is 10.7. The summed E-state index contributed by atoms with van der Waals surface area (Å²) in [5, 5.41) is 19.6. The zero-order chi connectivity index (χ0) is 16.7. The molecule has 0 radical (unpaired) electrons. The number of nitrogens with two attached hydrogens (primary N) is 1. The van der Waals surface area contributed by atoms with E-state index in [1.807, 2.05) is 0 Å². The maximum Gasteiger partial charge on any atom is 0.201 e. The van der Waals surface area contributed by atoms with E-state index < -0.39 is 5.84 Å². The summed E-state index contributed by atoms with van der Waals surface area (Å²) in [6.07, 6.45) is 0. The zero-order valence-electron chi connectivity index (χ0n) is 12.1. The molecule has 23 heavy (non-hydrogen) atoms. The van der Waals surface area contributed by atoms with Gasteiger partial charge < -0.3 is 10.5 Å². The van der Waals surface area contributed by atoms with Gasteiger partial charge in [0.2, 0.25) is 5.71 Å². The average molecular weight is 311 g/mol. The van der Waals surface area contributed by atoms with E-state index in [2.05, 4.69) is 10.5 Å². The number of hydrogen-bond donors (Lipinski definition) is 3. The zero-order valence-corrected chi connectivity index (χ0v) is 12.1. The van der Waals surface area contributed by atoms with Crippen molar-refractivity contribution in [2.45, 2.75) is 6.61 Å². The second kappa shape index (κ2) is 7.56. The summed E-state index contributed by atoms with van der Waals surface area (Å²) in [5.41, 5.74) is 9.10. The van der Waals surface area contributed by atoms with Crippen LogP contribution in [0.1, 0.15) is 5.56 Å². The Bertz CT molecular complexity index is 748. The van der Waals surface area contributed by atoms with E-state index in [-0.39, 0.29) is 11.5 Å². The number of anilines is 1.